The number of ether oxygens (including phenoxy) is 1. The molecule has 1 amide bonds. The number of hydrogen-bond donors (Lipinski definition) is 6. The largest absolute Gasteiger partial charge is 0.394 e. The highest BCUT2D eigenvalue weighted by Crippen LogP contribution is 2.35. The molecule has 6 N–H and O–H groups in total. The van der Waals surface area contributed by atoms with Crippen LogP contribution < -0.4 is 5.32 Å². The minimum Gasteiger partial charge on any atom is -0.394 e. The van der Waals surface area contributed by atoms with Gasteiger partial charge in [0.05, 0.1) is 6.61 Å². The van der Waals surface area contributed by atoms with Crippen molar-refractivity contribution in [2.75, 3.05) is 6.61 Å². The molecule has 2 aromatic rings. The molecule has 2 aliphatic rings. The Labute approximate surface area is 173 Å². The van der Waals surface area contributed by atoms with Crippen LogP contribution in [-0.2, 0) is 11.3 Å². The van der Waals surface area contributed by atoms with Crippen LogP contribution >= 0.6 is 0 Å². The van der Waals surface area contributed by atoms with E-state index >= 15 is 0 Å². The second kappa shape index (κ2) is 8.07. The van der Waals surface area contributed by atoms with Gasteiger partial charge in [-0.15, -0.1) is 0 Å². The third-order valence-electron chi connectivity index (χ3n) is 5.99. The predicted molar refractivity (Wildman–Crippen MR) is 107 cm³/mol. The van der Waals surface area contributed by atoms with Gasteiger partial charge in [0.1, 0.15) is 36.6 Å². The van der Waals surface area contributed by atoms with Gasteiger partial charge in [-0.25, -0.2) is 0 Å². The molecule has 0 radical (unpaired) electrons. The van der Waals surface area contributed by atoms with Crippen LogP contribution in [0, 0.1) is 6.92 Å². The molecule has 0 aliphatic carbocycles. The van der Waals surface area contributed by atoms with E-state index in [-0.39, 0.29) is 5.91 Å². The summed E-state index contributed by atoms with van der Waals surface area (Å²) in [6.07, 6.45) is -8.13. The molecule has 6 atom stereocenters. The number of hydrogen-bond acceptors (Lipinski definition) is 7. The Morgan fingerprint density at radius 2 is 1.83 bits per heavy atom. The molecule has 8 nitrogen and oxygen atoms in total. The molecule has 4 rings (SSSR count). The van der Waals surface area contributed by atoms with Crippen LogP contribution in [0.5, 0.6) is 0 Å². The molecule has 3 unspecified atom stereocenters. The number of nitrogens with one attached hydrogen (secondary N) is 1. The van der Waals surface area contributed by atoms with E-state index in [1.54, 1.807) is 19.1 Å². The molecule has 0 bridgehead atoms. The summed E-state index contributed by atoms with van der Waals surface area (Å²) in [4.78, 5) is 11.9. The lowest BCUT2D eigenvalue weighted by Gasteiger charge is -2.42. The van der Waals surface area contributed by atoms with Gasteiger partial charge < -0.3 is 35.6 Å². The van der Waals surface area contributed by atoms with Crippen LogP contribution in [0.3, 0.4) is 0 Å². The summed E-state index contributed by atoms with van der Waals surface area (Å²) in [5.41, 5.74) is 4.59. The number of aliphatic hydroxyl groups excluding tert-OH is 5. The molecule has 160 valence electrons. The monoisotopic (exact) mass is 415 g/mol. The number of amides is 1. The van der Waals surface area contributed by atoms with E-state index in [1.165, 1.54) is 0 Å². The van der Waals surface area contributed by atoms with Gasteiger partial charge in [0.25, 0.3) is 5.91 Å². The first kappa shape index (κ1) is 20.9. The lowest BCUT2D eigenvalue weighted by atomic mass is 9.87. The van der Waals surface area contributed by atoms with E-state index in [4.69, 9.17) is 4.74 Å². The average molecular weight is 415 g/mol. The SMILES string of the molecule is Cc1cc(-c2cccc3c2CNC3=O)ccc1[C@@H](O)[C@H]1OC(CO)[C@@H](O)C(O)C1O. The van der Waals surface area contributed by atoms with Gasteiger partial charge in [0.15, 0.2) is 0 Å². The van der Waals surface area contributed by atoms with Crippen LogP contribution in [0.2, 0.25) is 0 Å². The zero-order chi connectivity index (χ0) is 21.6. The van der Waals surface area contributed by atoms with Crippen molar-refractivity contribution >= 4 is 5.91 Å². The van der Waals surface area contributed by atoms with Crippen LogP contribution in [-0.4, -0.2) is 68.6 Å². The van der Waals surface area contributed by atoms with Crippen molar-refractivity contribution in [2.45, 2.75) is 50.1 Å². The molecule has 2 heterocycles. The lowest BCUT2D eigenvalue weighted by molar-refractivity contribution is -0.250. The van der Waals surface area contributed by atoms with Crippen molar-refractivity contribution < 1.29 is 35.1 Å². The highest BCUT2D eigenvalue weighted by atomic mass is 16.6. The summed E-state index contributed by atoms with van der Waals surface area (Å²) in [6.45, 7) is 1.70. The summed E-state index contributed by atoms with van der Waals surface area (Å²) in [7, 11) is 0. The van der Waals surface area contributed by atoms with Gasteiger partial charge in [-0.1, -0.05) is 30.3 Å². The molecule has 0 spiro atoms. The molecular weight excluding hydrogens is 390 g/mol. The van der Waals surface area contributed by atoms with Crippen molar-refractivity contribution in [3.05, 3.63) is 58.7 Å². The second-order valence-electron chi connectivity index (χ2n) is 7.82. The first-order valence-electron chi connectivity index (χ1n) is 9.83. The van der Waals surface area contributed by atoms with Crippen molar-refractivity contribution in [1.82, 2.24) is 5.32 Å². The fraction of sp³-hybridized carbons (Fsp3) is 0.409. The summed E-state index contributed by atoms with van der Waals surface area (Å²) in [5, 5.41) is 53.3. The predicted octanol–water partition coefficient (Wildman–Crippen LogP) is -0.219. The topological polar surface area (TPSA) is 139 Å². The van der Waals surface area contributed by atoms with E-state index in [0.717, 1.165) is 22.3 Å². The van der Waals surface area contributed by atoms with E-state index in [2.05, 4.69) is 5.32 Å². The van der Waals surface area contributed by atoms with E-state index in [1.807, 2.05) is 24.3 Å². The van der Waals surface area contributed by atoms with Gasteiger partial charge in [-0.3, -0.25) is 4.79 Å². The standard InChI is InChI=1S/C22H25NO7/c1-10-7-11(13-3-2-4-14-15(13)8-23-22(14)29)5-6-12(10)17(25)21-20(28)19(27)18(26)16(9-24)30-21/h2-7,16-21,24-28H,8-9H2,1H3,(H,23,29)/t16?,17-,18-,19?,20?,21-/m1/s1. The molecule has 2 aliphatic heterocycles. The second-order valence-corrected chi connectivity index (χ2v) is 7.82. The van der Waals surface area contributed by atoms with Gasteiger partial charge >= 0.3 is 0 Å². The molecule has 30 heavy (non-hydrogen) atoms. The molecule has 0 aromatic heterocycles. The Bertz CT molecular complexity index is 960. The normalized spacial score (nSPS) is 29.4. The third-order valence-corrected chi connectivity index (χ3v) is 5.99. The maximum atomic E-state index is 11.9. The van der Waals surface area contributed by atoms with Crippen LogP contribution in [0.1, 0.15) is 33.2 Å². The summed E-state index contributed by atoms with van der Waals surface area (Å²) < 4.78 is 5.48. The third kappa shape index (κ3) is 3.41. The van der Waals surface area contributed by atoms with Gasteiger partial charge in [-0.05, 0) is 40.8 Å². The number of aryl methyl sites for hydroxylation is 1. The Balaban J connectivity index is 1.64. The minimum atomic E-state index is -1.55. The maximum Gasteiger partial charge on any atom is 0.251 e. The van der Waals surface area contributed by atoms with Crippen molar-refractivity contribution in [1.29, 1.82) is 0 Å². The Morgan fingerprint density at radius 1 is 1.10 bits per heavy atom. The van der Waals surface area contributed by atoms with Crippen molar-refractivity contribution in [2.24, 2.45) is 0 Å². The zero-order valence-corrected chi connectivity index (χ0v) is 16.4. The van der Waals surface area contributed by atoms with Crippen LogP contribution in [0.25, 0.3) is 11.1 Å². The molecule has 2 aromatic carbocycles. The highest BCUT2D eigenvalue weighted by Gasteiger charge is 2.46. The molecular formula is C22H25NO7. The van der Waals surface area contributed by atoms with E-state index in [9.17, 15) is 30.3 Å². The van der Waals surface area contributed by atoms with Crippen molar-refractivity contribution in [3.8, 4) is 11.1 Å². The van der Waals surface area contributed by atoms with Crippen LogP contribution in [0.4, 0.5) is 0 Å². The summed E-state index contributed by atoms with van der Waals surface area (Å²) in [5.74, 6) is -0.0989. The number of aliphatic hydroxyl groups is 5. The number of carbonyl (C=O) groups excluding carboxylic acids is 1. The molecule has 8 heteroatoms. The first-order chi connectivity index (χ1) is 14.3. The Kier molecular flexibility index (Phi) is 5.63. The lowest BCUT2D eigenvalue weighted by Crippen LogP contribution is -2.59. The fourth-order valence-corrected chi connectivity index (χ4v) is 4.27. The molecule has 1 saturated heterocycles. The van der Waals surface area contributed by atoms with Gasteiger partial charge in [0.2, 0.25) is 0 Å². The maximum absolute atomic E-state index is 11.9. The van der Waals surface area contributed by atoms with Gasteiger partial charge in [-0.2, -0.15) is 0 Å². The van der Waals surface area contributed by atoms with Crippen molar-refractivity contribution in [3.63, 3.8) is 0 Å². The number of rotatable bonds is 4. The van der Waals surface area contributed by atoms with Crippen LogP contribution in [0.15, 0.2) is 36.4 Å². The quantitative estimate of drug-likeness (QED) is 0.406. The highest BCUT2D eigenvalue weighted by molar-refractivity contribution is 6.00. The average Bonchev–Trinajstić information content (AvgIpc) is 3.13. The first-order valence-corrected chi connectivity index (χ1v) is 9.83. The minimum absolute atomic E-state index is 0.0989. The number of fused-ring (bicyclic) bond motifs is 1. The van der Waals surface area contributed by atoms with E-state index < -0.39 is 43.2 Å². The fourth-order valence-electron chi connectivity index (χ4n) is 4.27. The smallest absolute Gasteiger partial charge is 0.251 e. The Hall–Kier alpha value is -2.33. The zero-order valence-electron chi connectivity index (χ0n) is 16.4. The molecule has 1 fully saturated rings. The summed E-state index contributed by atoms with van der Waals surface area (Å²) >= 11 is 0. The summed E-state index contributed by atoms with van der Waals surface area (Å²) in [6, 6.07) is 10.9. The van der Waals surface area contributed by atoms with Gasteiger partial charge in [0, 0.05) is 12.1 Å². The Morgan fingerprint density at radius 3 is 2.53 bits per heavy atom. The number of benzene rings is 2. The molecule has 0 saturated carbocycles. The number of carbonyl (C=O) groups is 1. The van der Waals surface area contributed by atoms with E-state index in [0.29, 0.717) is 17.7 Å².